The topological polar surface area (TPSA) is 58.6 Å². The second-order valence-corrected chi connectivity index (χ2v) is 7.16. The monoisotopic (exact) mass is 366 g/mol. The van der Waals surface area contributed by atoms with E-state index >= 15 is 0 Å². The molecule has 0 spiro atoms. The quantitative estimate of drug-likeness (QED) is 0.905. The van der Waals surface area contributed by atoms with Gasteiger partial charge < -0.3 is 15.0 Å². The van der Waals surface area contributed by atoms with Gasteiger partial charge in [-0.3, -0.25) is 9.59 Å². The number of ether oxygens (including phenoxy) is 1. The first-order chi connectivity index (χ1) is 12.9. The number of aryl methyl sites for hydroxylation is 2. The first-order valence-corrected chi connectivity index (χ1v) is 9.17. The Kier molecular flexibility index (Phi) is 5.49. The third-order valence-corrected chi connectivity index (χ3v) is 5.23. The minimum absolute atomic E-state index is 0.0250. The summed E-state index contributed by atoms with van der Waals surface area (Å²) < 4.78 is 5.23. The summed E-state index contributed by atoms with van der Waals surface area (Å²) in [4.78, 5) is 26.7. The van der Waals surface area contributed by atoms with Gasteiger partial charge in [0.2, 0.25) is 5.91 Å². The van der Waals surface area contributed by atoms with Crippen molar-refractivity contribution in [1.29, 1.82) is 0 Å². The SMILES string of the molecule is COc1ccc([C@@H]2CN(C(=O)c3c(C)cccc3C)C[C@H]2NC(C)=O)cc1. The lowest BCUT2D eigenvalue weighted by Crippen LogP contribution is -2.39. The molecule has 0 saturated carbocycles. The molecule has 1 heterocycles. The predicted octanol–water partition coefficient (Wildman–Crippen LogP) is 3.06. The van der Waals surface area contributed by atoms with Gasteiger partial charge in [-0.15, -0.1) is 0 Å². The predicted molar refractivity (Wildman–Crippen MR) is 105 cm³/mol. The summed E-state index contributed by atoms with van der Waals surface area (Å²) >= 11 is 0. The van der Waals surface area contributed by atoms with E-state index in [1.165, 1.54) is 6.92 Å². The lowest BCUT2D eigenvalue weighted by Gasteiger charge is -2.19. The van der Waals surface area contributed by atoms with Crippen LogP contribution >= 0.6 is 0 Å². The number of hydrogen-bond acceptors (Lipinski definition) is 3. The number of carbonyl (C=O) groups excluding carboxylic acids is 2. The van der Waals surface area contributed by atoms with Crippen LogP contribution in [0.1, 0.15) is 39.9 Å². The third-order valence-electron chi connectivity index (χ3n) is 5.23. The number of amides is 2. The van der Waals surface area contributed by atoms with Gasteiger partial charge in [0.25, 0.3) is 5.91 Å². The number of nitrogens with zero attached hydrogens (tertiary/aromatic N) is 1. The van der Waals surface area contributed by atoms with Crippen LogP contribution in [0, 0.1) is 13.8 Å². The van der Waals surface area contributed by atoms with E-state index in [-0.39, 0.29) is 23.8 Å². The zero-order chi connectivity index (χ0) is 19.6. The van der Waals surface area contributed by atoms with Crippen LogP contribution in [-0.4, -0.2) is 43.0 Å². The van der Waals surface area contributed by atoms with E-state index in [2.05, 4.69) is 5.32 Å². The van der Waals surface area contributed by atoms with Crippen LogP contribution in [0.3, 0.4) is 0 Å². The Bertz CT molecular complexity index is 825. The van der Waals surface area contributed by atoms with E-state index in [9.17, 15) is 9.59 Å². The Morgan fingerprint density at radius 2 is 1.67 bits per heavy atom. The Morgan fingerprint density at radius 3 is 2.22 bits per heavy atom. The zero-order valence-electron chi connectivity index (χ0n) is 16.3. The summed E-state index contributed by atoms with van der Waals surface area (Å²) in [6.07, 6.45) is 0. The highest BCUT2D eigenvalue weighted by Crippen LogP contribution is 2.31. The van der Waals surface area contributed by atoms with Crippen LogP contribution in [0.5, 0.6) is 5.75 Å². The van der Waals surface area contributed by atoms with Crippen LogP contribution in [0.4, 0.5) is 0 Å². The molecule has 2 amide bonds. The van der Waals surface area contributed by atoms with E-state index < -0.39 is 0 Å². The highest BCUT2D eigenvalue weighted by atomic mass is 16.5. The summed E-state index contributed by atoms with van der Waals surface area (Å²) in [5, 5.41) is 3.02. The Labute approximate surface area is 160 Å². The summed E-state index contributed by atoms with van der Waals surface area (Å²) in [5.41, 5.74) is 3.80. The molecule has 0 aromatic heterocycles. The van der Waals surface area contributed by atoms with Gasteiger partial charge in [0.15, 0.2) is 0 Å². The molecule has 3 rings (SSSR count). The van der Waals surface area contributed by atoms with Crippen LogP contribution in [0.2, 0.25) is 0 Å². The highest BCUT2D eigenvalue weighted by Gasteiger charge is 2.37. The average molecular weight is 366 g/mol. The van der Waals surface area contributed by atoms with Crippen molar-refractivity contribution in [1.82, 2.24) is 10.2 Å². The Hall–Kier alpha value is -2.82. The maximum atomic E-state index is 13.2. The van der Waals surface area contributed by atoms with Gasteiger partial charge in [0.1, 0.15) is 5.75 Å². The fourth-order valence-corrected chi connectivity index (χ4v) is 3.88. The third kappa shape index (κ3) is 3.97. The van der Waals surface area contributed by atoms with Crippen LogP contribution in [0.15, 0.2) is 42.5 Å². The molecule has 0 radical (unpaired) electrons. The second-order valence-electron chi connectivity index (χ2n) is 7.16. The van der Waals surface area contributed by atoms with Crippen molar-refractivity contribution in [2.45, 2.75) is 32.7 Å². The molecule has 0 aliphatic carbocycles. The Morgan fingerprint density at radius 1 is 1.04 bits per heavy atom. The molecule has 1 aliphatic heterocycles. The lowest BCUT2D eigenvalue weighted by atomic mass is 9.94. The number of hydrogen-bond donors (Lipinski definition) is 1. The normalized spacial score (nSPS) is 19.0. The van der Waals surface area contributed by atoms with Crippen molar-refractivity contribution < 1.29 is 14.3 Å². The van der Waals surface area contributed by atoms with Gasteiger partial charge in [0.05, 0.1) is 13.2 Å². The zero-order valence-corrected chi connectivity index (χ0v) is 16.3. The first-order valence-electron chi connectivity index (χ1n) is 9.17. The smallest absolute Gasteiger partial charge is 0.254 e. The highest BCUT2D eigenvalue weighted by molar-refractivity contribution is 5.97. The van der Waals surface area contributed by atoms with Gasteiger partial charge >= 0.3 is 0 Å². The Balaban J connectivity index is 1.88. The molecule has 2 aromatic rings. The van der Waals surface area contributed by atoms with Gasteiger partial charge in [0, 0.05) is 31.5 Å². The summed E-state index contributed by atoms with van der Waals surface area (Å²) in [6, 6.07) is 13.6. The molecule has 1 N–H and O–H groups in total. The summed E-state index contributed by atoms with van der Waals surface area (Å²) in [6.45, 7) is 6.51. The standard InChI is InChI=1S/C22H26N2O3/c1-14-6-5-7-15(2)21(14)22(26)24-12-19(20(13-24)23-16(3)25)17-8-10-18(27-4)11-9-17/h5-11,19-20H,12-13H2,1-4H3,(H,23,25)/t19-,20+/m0/s1. The minimum Gasteiger partial charge on any atom is -0.497 e. The van der Waals surface area contributed by atoms with Crippen LogP contribution < -0.4 is 10.1 Å². The molecule has 1 aliphatic rings. The molecule has 5 nitrogen and oxygen atoms in total. The maximum Gasteiger partial charge on any atom is 0.254 e. The van der Waals surface area contributed by atoms with Gasteiger partial charge in [-0.1, -0.05) is 30.3 Å². The number of carbonyl (C=O) groups is 2. The van der Waals surface area contributed by atoms with Crippen molar-refractivity contribution in [2.24, 2.45) is 0 Å². The number of rotatable bonds is 4. The number of benzene rings is 2. The molecule has 0 bridgehead atoms. The molecule has 0 unspecified atom stereocenters. The van der Waals surface area contributed by atoms with Crippen molar-refractivity contribution >= 4 is 11.8 Å². The van der Waals surface area contributed by atoms with Gasteiger partial charge in [-0.25, -0.2) is 0 Å². The van der Waals surface area contributed by atoms with E-state index in [4.69, 9.17) is 4.74 Å². The molecule has 1 fully saturated rings. The molecular formula is C22H26N2O3. The van der Waals surface area contributed by atoms with Gasteiger partial charge in [-0.05, 0) is 42.7 Å². The molecule has 2 atom stereocenters. The number of methoxy groups -OCH3 is 1. The van der Waals surface area contributed by atoms with Crippen LogP contribution in [-0.2, 0) is 4.79 Å². The van der Waals surface area contributed by atoms with Gasteiger partial charge in [-0.2, -0.15) is 0 Å². The maximum absolute atomic E-state index is 13.2. The van der Waals surface area contributed by atoms with E-state index in [1.807, 2.05) is 61.2 Å². The minimum atomic E-state index is -0.107. The first kappa shape index (κ1) is 19.0. The molecule has 142 valence electrons. The average Bonchev–Trinajstić information content (AvgIpc) is 3.04. The molecule has 2 aromatic carbocycles. The fourth-order valence-electron chi connectivity index (χ4n) is 3.88. The largest absolute Gasteiger partial charge is 0.497 e. The van der Waals surface area contributed by atoms with Crippen molar-refractivity contribution in [3.63, 3.8) is 0 Å². The van der Waals surface area contributed by atoms with Crippen molar-refractivity contribution in [2.75, 3.05) is 20.2 Å². The van der Waals surface area contributed by atoms with Crippen molar-refractivity contribution in [3.8, 4) is 5.75 Å². The molecular weight excluding hydrogens is 340 g/mol. The summed E-state index contributed by atoms with van der Waals surface area (Å²) in [7, 11) is 1.63. The number of likely N-dealkylation sites (tertiary alicyclic amines) is 1. The molecule has 27 heavy (non-hydrogen) atoms. The lowest BCUT2D eigenvalue weighted by molar-refractivity contribution is -0.119. The van der Waals surface area contributed by atoms with E-state index in [0.717, 1.165) is 28.0 Å². The van der Waals surface area contributed by atoms with E-state index in [0.29, 0.717) is 13.1 Å². The van der Waals surface area contributed by atoms with Crippen LogP contribution in [0.25, 0.3) is 0 Å². The fraction of sp³-hybridized carbons (Fsp3) is 0.364. The van der Waals surface area contributed by atoms with E-state index in [1.54, 1.807) is 7.11 Å². The molecule has 5 heteroatoms. The molecule has 1 saturated heterocycles. The van der Waals surface area contributed by atoms with Crippen molar-refractivity contribution in [3.05, 3.63) is 64.7 Å². The second kappa shape index (κ2) is 7.82. The summed E-state index contributed by atoms with van der Waals surface area (Å²) in [5.74, 6) is 0.779. The number of nitrogens with one attached hydrogen (secondary N) is 1.